The Morgan fingerprint density at radius 1 is 0.643 bits per heavy atom. The van der Waals surface area contributed by atoms with Gasteiger partial charge in [-0.05, 0) is 106 Å². The lowest BCUT2D eigenvalue weighted by Gasteiger charge is -2.22. The molecule has 0 radical (unpaired) electrons. The lowest BCUT2D eigenvalue weighted by Crippen LogP contribution is -2.44. The fraction of sp³-hybridized carbons (Fsp3) is 0.300. The Bertz CT molecular complexity index is 1900. The Balaban J connectivity index is 0.000000318. The summed E-state index contributed by atoms with van der Waals surface area (Å²) < 4.78 is 11.1. The molecule has 300 valence electrons. The first-order valence-electron chi connectivity index (χ1n) is 17.2. The van der Waals surface area contributed by atoms with Gasteiger partial charge in [-0.1, -0.05) is 99.8 Å². The molecule has 0 heterocycles. The van der Waals surface area contributed by atoms with Crippen molar-refractivity contribution in [2.75, 3.05) is 0 Å². The third-order valence-electron chi connectivity index (χ3n) is 7.03. The quantitative estimate of drug-likeness (QED) is 0.0869. The summed E-state index contributed by atoms with van der Waals surface area (Å²) in [6.07, 6.45) is -1.13. The number of amides is 2. The first-order valence-corrected chi connectivity index (χ1v) is 18.7. The number of carbonyl (C=O) groups excluding carboxylic acids is 2. The standard InChI is InChI=1S/C20H22ClNO4.C14H18BrNO4.C6H6BClO2/c1-20(2,3)26-19(25)22-17(18(23)24)11-13-7-9-14(10-8-13)15-5-4-6-16(21)12-15;1-14(2,3)20-13(19)16-11(12(17)18)8-9-4-6-10(15)7-5-9;8-6-3-1-2-5(4-6)7(9)10/h4-10,12,17H,11H2,1-3H3,(H,22,25)(H,23,24);4-7,11H,8H2,1-3H3,(H,16,19)(H,17,18);1-4,9-10H/t17-;11-;/m00./s1. The van der Waals surface area contributed by atoms with Gasteiger partial charge >= 0.3 is 31.2 Å². The second-order valence-electron chi connectivity index (χ2n) is 14.2. The first-order chi connectivity index (χ1) is 26.0. The highest BCUT2D eigenvalue weighted by molar-refractivity contribution is 9.10. The average molecular weight is 876 g/mol. The number of nitrogens with one attached hydrogen (secondary N) is 2. The molecule has 4 rings (SSSR count). The first kappa shape index (κ1) is 47.6. The highest BCUT2D eigenvalue weighted by atomic mass is 79.9. The Hall–Kier alpha value is -4.60. The van der Waals surface area contributed by atoms with E-state index in [1.54, 1.807) is 77.9 Å². The maximum Gasteiger partial charge on any atom is 0.488 e. The largest absolute Gasteiger partial charge is 0.488 e. The highest BCUT2D eigenvalue weighted by Crippen LogP contribution is 2.23. The van der Waals surface area contributed by atoms with Crippen LogP contribution in [0.25, 0.3) is 11.1 Å². The number of ether oxygens (including phenoxy) is 2. The predicted molar refractivity (Wildman–Crippen MR) is 221 cm³/mol. The minimum Gasteiger partial charge on any atom is -0.480 e. The Kier molecular flexibility index (Phi) is 18.9. The second-order valence-corrected chi connectivity index (χ2v) is 16.0. The van der Waals surface area contributed by atoms with E-state index in [-0.39, 0.29) is 12.8 Å². The molecule has 12 nitrogen and oxygen atoms in total. The smallest absolute Gasteiger partial charge is 0.480 e. The number of carboxylic acids is 2. The second kappa shape index (κ2) is 22.2. The number of halogens is 3. The van der Waals surface area contributed by atoms with Gasteiger partial charge in [0.25, 0.3) is 0 Å². The Morgan fingerprint density at radius 2 is 1.05 bits per heavy atom. The van der Waals surface area contributed by atoms with E-state index in [0.717, 1.165) is 26.7 Å². The maximum absolute atomic E-state index is 11.8. The van der Waals surface area contributed by atoms with Crippen LogP contribution in [0.2, 0.25) is 10.0 Å². The summed E-state index contributed by atoms with van der Waals surface area (Å²) in [6, 6.07) is 26.5. The molecule has 2 amide bonds. The molecule has 0 saturated carbocycles. The van der Waals surface area contributed by atoms with Gasteiger partial charge in [0.2, 0.25) is 0 Å². The third-order valence-corrected chi connectivity index (χ3v) is 8.03. The van der Waals surface area contributed by atoms with E-state index in [1.807, 2.05) is 54.6 Å². The fourth-order valence-corrected chi connectivity index (χ4v) is 5.21. The van der Waals surface area contributed by atoms with E-state index in [4.69, 9.17) is 47.8 Å². The van der Waals surface area contributed by atoms with Gasteiger partial charge < -0.3 is 40.4 Å². The van der Waals surface area contributed by atoms with E-state index in [0.29, 0.717) is 15.5 Å². The van der Waals surface area contributed by atoms with Crippen molar-refractivity contribution in [3.63, 3.8) is 0 Å². The van der Waals surface area contributed by atoms with Crippen LogP contribution in [0.4, 0.5) is 9.59 Å². The topological polar surface area (TPSA) is 192 Å². The summed E-state index contributed by atoms with van der Waals surface area (Å²) in [5.74, 6) is -2.21. The molecule has 0 aromatic heterocycles. The SMILES string of the molecule is CC(C)(C)OC(=O)N[C@@H](Cc1ccc(-c2cccc(Cl)c2)cc1)C(=O)O.CC(C)(C)OC(=O)N[C@@H](Cc1ccc(Br)cc1)C(=O)O.OB(O)c1cccc(Cl)c1. The molecule has 2 atom stereocenters. The molecule has 16 heteroatoms. The number of hydrogen-bond donors (Lipinski definition) is 6. The van der Waals surface area contributed by atoms with Crippen LogP contribution in [-0.2, 0) is 31.9 Å². The predicted octanol–water partition coefficient (Wildman–Crippen LogP) is 7.52. The van der Waals surface area contributed by atoms with Crippen LogP contribution in [0, 0.1) is 0 Å². The average Bonchev–Trinajstić information content (AvgIpc) is 3.08. The number of alkyl carbamates (subject to hydrolysis) is 2. The van der Waals surface area contributed by atoms with E-state index >= 15 is 0 Å². The zero-order valence-corrected chi connectivity index (χ0v) is 34.9. The van der Waals surface area contributed by atoms with Gasteiger partial charge in [-0.15, -0.1) is 0 Å². The van der Waals surface area contributed by atoms with Gasteiger partial charge in [-0.3, -0.25) is 0 Å². The van der Waals surface area contributed by atoms with Crippen LogP contribution in [0.15, 0.2) is 102 Å². The summed E-state index contributed by atoms with van der Waals surface area (Å²) in [5.41, 5.74) is 2.62. The normalized spacial score (nSPS) is 11.9. The number of hydrogen-bond acceptors (Lipinski definition) is 8. The number of carbonyl (C=O) groups is 4. The molecular formula is C40H46BBrCl2N2O10. The molecule has 4 aromatic rings. The number of rotatable bonds is 10. The van der Waals surface area contributed by atoms with Crippen LogP contribution in [0.5, 0.6) is 0 Å². The van der Waals surface area contributed by atoms with Crippen LogP contribution >= 0.6 is 39.1 Å². The maximum atomic E-state index is 11.8. The zero-order chi connectivity index (χ0) is 42.2. The Labute approximate surface area is 345 Å². The van der Waals surface area contributed by atoms with E-state index < -0.39 is 54.5 Å². The molecule has 6 N–H and O–H groups in total. The van der Waals surface area contributed by atoms with Gasteiger partial charge in [0.1, 0.15) is 23.3 Å². The van der Waals surface area contributed by atoms with Crippen molar-refractivity contribution in [2.45, 2.75) is 77.7 Å². The summed E-state index contributed by atoms with van der Waals surface area (Å²) in [4.78, 5) is 46.1. The molecule has 0 aliphatic heterocycles. The summed E-state index contributed by atoms with van der Waals surface area (Å²) in [7, 11) is -1.43. The van der Waals surface area contributed by atoms with Crippen LogP contribution in [-0.4, -0.2) is 74.8 Å². The monoisotopic (exact) mass is 874 g/mol. The Morgan fingerprint density at radius 3 is 1.41 bits per heavy atom. The van der Waals surface area contributed by atoms with Gasteiger partial charge in [0.05, 0.1) is 0 Å². The molecule has 56 heavy (non-hydrogen) atoms. The van der Waals surface area contributed by atoms with E-state index in [2.05, 4.69) is 26.6 Å². The zero-order valence-electron chi connectivity index (χ0n) is 31.8. The number of benzene rings is 4. The van der Waals surface area contributed by atoms with Crippen molar-refractivity contribution < 1.29 is 48.9 Å². The summed E-state index contributed by atoms with van der Waals surface area (Å²) in [6.45, 7) is 10.3. The molecule has 0 saturated heterocycles. The lowest BCUT2D eigenvalue weighted by molar-refractivity contribution is -0.140. The lowest BCUT2D eigenvalue weighted by atomic mass is 9.81. The number of carboxylic acid groups (broad SMARTS) is 2. The van der Waals surface area contributed by atoms with E-state index in [1.165, 1.54) is 6.07 Å². The van der Waals surface area contributed by atoms with Crippen molar-refractivity contribution >= 4 is 75.8 Å². The van der Waals surface area contributed by atoms with Crippen LogP contribution in [0.3, 0.4) is 0 Å². The fourth-order valence-electron chi connectivity index (χ4n) is 4.56. The van der Waals surface area contributed by atoms with Crippen LogP contribution < -0.4 is 16.1 Å². The molecule has 0 spiro atoms. The van der Waals surface area contributed by atoms with Gasteiger partial charge in [0, 0.05) is 27.4 Å². The van der Waals surface area contributed by atoms with Crippen molar-refractivity contribution in [3.05, 3.63) is 123 Å². The van der Waals surface area contributed by atoms with Crippen molar-refractivity contribution in [1.82, 2.24) is 10.6 Å². The third kappa shape index (κ3) is 19.3. The van der Waals surface area contributed by atoms with Crippen molar-refractivity contribution in [3.8, 4) is 11.1 Å². The molecule has 0 aliphatic carbocycles. The van der Waals surface area contributed by atoms with Gasteiger partial charge in [-0.2, -0.15) is 0 Å². The molecule has 0 fully saturated rings. The van der Waals surface area contributed by atoms with Crippen molar-refractivity contribution in [2.24, 2.45) is 0 Å². The molecule has 4 aromatic carbocycles. The molecule has 0 aliphatic rings. The van der Waals surface area contributed by atoms with Gasteiger partial charge in [0.15, 0.2) is 0 Å². The highest BCUT2D eigenvalue weighted by Gasteiger charge is 2.25. The molecule has 0 unspecified atom stereocenters. The minimum atomic E-state index is -1.43. The minimum absolute atomic E-state index is 0.157. The number of aliphatic carboxylic acids is 2. The summed E-state index contributed by atoms with van der Waals surface area (Å²) >= 11 is 14.9. The summed E-state index contributed by atoms with van der Waals surface area (Å²) in [5, 5.41) is 41.7. The van der Waals surface area contributed by atoms with E-state index in [9.17, 15) is 24.3 Å². The molecule has 0 bridgehead atoms. The van der Waals surface area contributed by atoms with Crippen LogP contribution in [0.1, 0.15) is 52.7 Å². The molecular weight excluding hydrogens is 830 g/mol. The van der Waals surface area contributed by atoms with Crippen molar-refractivity contribution in [1.29, 1.82) is 0 Å². The van der Waals surface area contributed by atoms with Gasteiger partial charge in [-0.25, -0.2) is 19.2 Å².